The van der Waals surface area contributed by atoms with E-state index in [-0.39, 0.29) is 11.6 Å². The third-order valence-electron chi connectivity index (χ3n) is 3.14. The lowest BCUT2D eigenvalue weighted by molar-refractivity contribution is -0.274. The first kappa shape index (κ1) is 14.7. The molecule has 2 N–H and O–H groups in total. The largest absolute Gasteiger partial charge is 0.573 e. The number of fused-ring (bicyclic) bond motifs is 1. The van der Waals surface area contributed by atoms with Crippen LogP contribution in [-0.4, -0.2) is 15.9 Å². The molecule has 0 aliphatic carbocycles. The van der Waals surface area contributed by atoms with E-state index in [1.807, 2.05) is 6.07 Å². The van der Waals surface area contributed by atoms with Gasteiger partial charge in [0.1, 0.15) is 0 Å². The highest BCUT2D eigenvalue weighted by molar-refractivity contribution is 5.82. The van der Waals surface area contributed by atoms with Crippen LogP contribution in [0, 0.1) is 11.3 Å². The van der Waals surface area contributed by atoms with Crippen LogP contribution in [0.5, 0.6) is 5.75 Å². The molecular weight excluding hydrogens is 309 g/mol. The maximum atomic E-state index is 12.6. The van der Waals surface area contributed by atoms with E-state index in [0.29, 0.717) is 16.6 Å². The molecule has 3 rings (SSSR count). The minimum atomic E-state index is -4.82. The summed E-state index contributed by atoms with van der Waals surface area (Å²) < 4.78 is 43.1. The van der Waals surface area contributed by atoms with Crippen LogP contribution in [0.3, 0.4) is 0 Å². The highest BCUT2D eigenvalue weighted by atomic mass is 19.4. The molecule has 0 saturated heterocycles. The number of nitrogens with two attached hydrogens (primary N) is 1. The van der Waals surface area contributed by atoms with E-state index in [4.69, 9.17) is 11.0 Å². The maximum absolute atomic E-state index is 12.6. The molecule has 0 radical (unpaired) electrons. The number of alkyl halides is 3. The van der Waals surface area contributed by atoms with Gasteiger partial charge in [0.05, 0.1) is 28.4 Å². The molecule has 0 amide bonds. The molecule has 1 aromatic heterocycles. The summed E-state index contributed by atoms with van der Waals surface area (Å²) in [6.07, 6.45) is -4.82. The van der Waals surface area contributed by atoms with Crippen LogP contribution in [0.4, 0.5) is 19.1 Å². The number of rotatable bonds is 2. The minimum Gasteiger partial charge on any atom is -0.404 e. The van der Waals surface area contributed by atoms with Crippen LogP contribution in [0.25, 0.3) is 16.7 Å². The molecule has 0 aliphatic heterocycles. The highest BCUT2D eigenvalue weighted by Crippen LogP contribution is 2.33. The second kappa shape index (κ2) is 5.21. The summed E-state index contributed by atoms with van der Waals surface area (Å²) in [6.45, 7) is 0. The zero-order chi connectivity index (χ0) is 16.6. The Morgan fingerprint density at radius 3 is 2.61 bits per heavy atom. The maximum Gasteiger partial charge on any atom is 0.573 e. The number of nitrogen functional groups attached to an aromatic ring is 1. The van der Waals surface area contributed by atoms with E-state index in [0.717, 1.165) is 0 Å². The van der Waals surface area contributed by atoms with Crippen LogP contribution >= 0.6 is 0 Å². The summed E-state index contributed by atoms with van der Waals surface area (Å²) in [4.78, 5) is 4.09. The molecule has 116 valence electrons. The molecule has 0 fully saturated rings. The quantitative estimate of drug-likeness (QED) is 0.786. The van der Waals surface area contributed by atoms with Crippen molar-refractivity contribution >= 4 is 17.0 Å². The number of aromatic nitrogens is 2. The molecule has 5 nitrogen and oxygen atoms in total. The van der Waals surface area contributed by atoms with Crippen molar-refractivity contribution in [3.8, 4) is 17.5 Å². The number of imidazole rings is 1. The predicted molar refractivity (Wildman–Crippen MR) is 76.9 cm³/mol. The molecule has 3 aromatic rings. The Hall–Kier alpha value is -3.21. The van der Waals surface area contributed by atoms with Gasteiger partial charge in [-0.2, -0.15) is 5.26 Å². The van der Waals surface area contributed by atoms with Crippen LogP contribution in [-0.2, 0) is 0 Å². The second-order valence-electron chi connectivity index (χ2n) is 4.64. The van der Waals surface area contributed by atoms with E-state index in [2.05, 4.69) is 9.72 Å². The fraction of sp³-hybridized carbons (Fsp3) is 0.0667. The Kier molecular flexibility index (Phi) is 3.33. The standard InChI is InChI=1S/C15H9F3N4O/c16-15(17,18)23-13-4-2-1-3-12(13)22-11-6-5-9(8-19)7-10(11)21-14(22)20/h1-7H,(H2,20,21). The Labute approximate surface area is 128 Å². The van der Waals surface area contributed by atoms with Gasteiger partial charge in [0.2, 0.25) is 5.95 Å². The average molecular weight is 318 g/mol. The molecule has 8 heteroatoms. The van der Waals surface area contributed by atoms with Gasteiger partial charge in [0, 0.05) is 0 Å². The number of para-hydroxylation sites is 2. The summed E-state index contributed by atoms with van der Waals surface area (Å²) in [5.74, 6) is -0.399. The van der Waals surface area contributed by atoms with Crippen molar-refractivity contribution in [2.24, 2.45) is 0 Å². The van der Waals surface area contributed by atoms with Gasteiger partial charge in [-0.3, -0.25) is 4.57 Å². The van der Waals surface area contributed by atoms with Crippen LogP contribution in [0.1, 0.15) is 5.56 Å². The van der Waals surface area contributed by atoms with Gasteiger partial charge in [-0.15, -0.1) is 13.2 Å². The zero-order valence-corrected chi connectivity index (χ0v) is 11.5. The fourth-order valence-electron chi connectivity index (χ4n) is 2.27. The monoisotopic (exact) mass is 318 g/mol. The Bertz CT molecular complexity index is 925. The van der Waals surface area contributed by atoms with Crippen molar-refractivity contribution in [1.29, 1.82) is 5.26 Å². The van der Waals surface area contributed by atoms with Crippen molar-refractivity contribution in [2.75, 3.05) is 5.73 Å². The summed E-state index contributed by atoms with van der Waals surface area (Å²) in [6, 6.07) is 12.2. The molecule has 1 heterocycles. The number of halogens is 3. The number of hydrogen-bond donors (Lipinski definition) is 1. The summed E-state index contributed by atoms with van der Waals surface area (Å²) in [5, 5.41) is 8.90. The van der Waals surface area contributed by atoms with Crippen molar-refractivity contribution in [1.82, 2.24) is 9.55 Å². The first-order valence-corrected chi connectivity index (χ1v) is 6.42. The van der Waals surface area contributed by atoms with Gasteiger partial charge in [-0.05, 0) is 30.3 Å². The van der Waals surface area contributed by atoms with Gasteiger partial charge in [-0.25, -0.2) is 4.98 Å². The lowest BCUT2D eigenvalue weighted by Crippen LogP contribution is -2.18. The van der Waals surface area contributed by atoms with Crippen LogP contribution in [0.15, 0.2) is 42.5 Å². The van der Waals surface area contributed by atoms with E-state index < -0.39 is 12.1 Å². The molecular formula is C15H9F3N4O. The van der Waals surface area contributed by atoms with Crippen LogP contribution < -0.4 is 10.5 Å². The van der Waals surface area contributed by atoms with Gasteiger partial charge >= 0.3 is 6.36 Å². The minimum absolute atomic E-state index is 0.00619. The molecule has 0 unspecified atom stereocenters. The first-order valence-electron chi connectivity index (χ1n) is 6.42. The van der Waals surface area contributed by atoms with Crippen LogP contribution in [0.2, 0.25) is 0 Å². The van der Waals surface area contributed by atoms with Crippen molar-refractivity contribution in [3.63, 3.8) is 0 Å². The number of ether oxygens (including phenoxy) is 1. The van der Waals surface area contributed by atoms with Gasteiger partial charge < -0.3 is 10.5 Å². The molecule has 0 bridgehead atoms. The molecule has 2 aromatic carbocycles. The number of hydrogen-bond acceptors (Lipinski definition) is 4. The number of benzene rings is 2. The third kappa shape index (κ3) is 2.76. The molecule has 0 spiro atoms. The molecule has 23 heavy (non-hydrogen) atoms. The topological polar surface area (TPSA) is 76.9 Å². The summed E-state index contributed by atoms with van der Waals surface area (Å²) >= 11 is 0. The SMILES string of the molecule is N#Cc1ccc2c(c1)nc(N)n2-c1ccccc1OC(F)(F)F. The summed E-state index contributed by atoms with van der Waals surface area (Å²) in [7, 11) is 0. The Morgan fingerprint density at radius 2 is 1.91 bits per heavy atom. The lowest BCUT2D eigenvalue weighted by atomic mass is 10.2. The van der Waals surface area contributed by atoms with Crippen molar-refractivity contribution in [3.05, 3.63) is 48.0 Å². The predicted octanol–water partition coefficient (Wildman–Crippen LogP) is 3.38. The molecule has 0 aliphatic rings. The summed E-state index contributed by atoms with van der Waals surface area (Å²) in [5.41, 5.74) is 7.20. The van der Waals surface area contributed by atoms with Crippen molar-refractivity contribution in [2.45, 2.75) is 6.36 Å². The second-order valence-corrected chi connectivity index (χ2v) is 4.64. The first-order chi connectivity index (χ1) is 10.9. The smallest absolute Gasteiger partial charge is 0.404 e. The number of nitriles is 1. The fourth-order valence-corrected chi connectivity index (χ4v) is 2.27. The van der Waals surface area contributed by atoms with E-state index in [1.54, 1.807) is 12.1 Å². The van der Waals surface area contributed by atoms with E-state index in [9.17, 15) is 13.2 Å². The normalized spacial score (nSPS) is 11.4. The number of anilines is 1. The third-order valence-corrected chi connectivity index (χ3v) is 3.14. The Balaban J connectivity index is 2.22. The Morgan fingerprint density at radius 1 is 1.17 bits per heavy atom. The molecule has 0 saturated carbocycles. The molecule has 0 atom stereocenters. The average Bonchev–Trinajstić information content (AvgIpc) is 2.81. The highest BCUT2D eigenvalue weighted by Gasteiger charge is 2.32. The van der Waals surface area contributed by atoms with E-state index in [1.165, 1.54) is 34.9 Å². The van der Waals surface area contributed by atoms with Gasteiger partial charge in [0.25, 0.3) is 0 Å². The van der Waals surface area contributed by atoms with E-state index >= 15 is 0 Å². The zero-order valence-electron chi connectivity index (χ0n) is 11.5. The van der Waals surface area contributed by atoms with Gasteiger partial charge in [-0.1, -0.05) is 12.1 Å². The van der Waals surface area contributed by atoms with Crippen molar-refractivity contribution < 1.29 is 17.9 Å². The van der Waals surface area contributed by atoms with Gasteiger partial charge in [0.15, 0.2) is 5.75 Å². The lowest BCUT2D eigenvalue weighted by Gasteiger charge is -2.14. The number of nitrogens with zero attached hydrogens (tertiary/aromatic N) is 3.